The molecular weight excluding hydrogens is 248 g/mol. The summed E-state index contributed by atoms with van der Waals surface area (Å²) < 4.78 is 44.3. The van der Waals surface area contributed by atoms with Gasteiger partial charge in [0.05, 0.1) is 0 Å². The Morgan fingerprint density at radius 2 is 1.38 bits per heavy atom. The van der Waals surface area contributed by atoms with E-state index in [-0.39, 0.29) is 6.42 Å². The summed E-state index contributed by atoms with van der Waals surface area (Å²) in [4.78, 5) is 0. The molecule has 0 aliphatic carbocycles. The van der Waals surface area contributed by atoms with Gasteiger partial charge in [-0.05, 0) is 5.56 Å². The molecule has 0 saturated heterocycles. The van der Waals surface area contributed by atoms with Crippen LogP contribution < -0.4 is 0 Å². The highest BCUT2D eigenvalue weighted by atomic mass is 32.3. The standard InChI is InChI=1S/C10H14O4S2/c1-15(11,12)10(16(2,13)14)8-9-6-4-3-5-7-9/h3-7,10H,8H2,1-2H3. The normalized spacial score (nSPS) is 12.9. The van der Waals surface area contributed by atoms with E-state index in [1.165, 1.54) is 0 Å². The number of sulfone groups is 2. The summed E-state index contributed by atoms with van der Waals surface area (Å²) in [5.74, 6) is 0. The molecule has 0 fully saturated rings. The molecule has 1 aromatic rings. The summed E-state index contributed by atoms with van der Waals surface area (Å²) in [6.45, 7) is 0. The first kappa shape index (κ1) is 13.2. The Kier molecular flexibility index (Phi) is 3.75. The van der Waals surface area contributed by atoms with Gasteiger partial charge in [0.15, 0.2) is 24.3 Å². The lowest BCUT2D eigenvalue weighted by Crippen LogP contribution is -2.30. The molecule has 6 heteroatoms. The van der Waals surface area contributed by atoms with E-state index in [0.29, 0.717) is 5.56 Å². The summed E-state index contributed by atoms with van der Waals surface area (Å²) in [6.07, 6.45) is 1.89. The molecule has 16 heavy (non-hydrogen) atoms. The van der Waals surface area contributed by atoms with Crippen molar-refractivity contribution in [2.45, 2.75) is 11.0 Å². The van der Waals surface area contributed by atoms with Crippen LogP contribution in [0.3, 0.4) is 0 Å². The predicted molar refractivity (Wildman–Crippen MR) is 63.6 cm³/mol. The maximum Gasteiger partial charge on any atom is 0.166 e. The van der Waals surface area contributed by atoms with Crippen LogP contribution >= 0.6 is 0 Å². The van der Waals surface area contributed by atoms with Crippen molar-refractivity contribution >= 4 is 19.7 Å². The third kappa shape index (κ3) is 3.61. The van der Waals surface area contributed by atoms with Crippen LogP contribution in [-0.2, 0) is 26.1 Å². The zero-order chi connectivity index (χ0) is 12.4. The van der Waals surface area contributed by atoms with Crippen molar-refractivity contribution in [2.75, 3.05) is 12.5 Å². The molecule has 4 nitrogen and oxygen atoms in total. The molecule has 0 atom stereocenters. The van der Waals surface area contributed by atoms with E-state index in [1.807, 2.05) is 0 Å². The van der Waals surface area contributed by atoms with Crippen molar-refractivity contribution < 1.29 is 16.8 Å². The van der Waals surface area contributed by atoms with Gasteiger partial charge >= 0.3 is 0 Å². The molecule has 0 bridgehead atoms. The van der Waals surface area contributed by atoms with E-state index in [2.05, 4.69) is 0 Å². The largest absolute Gasteiger partial charge is 0.228 e. The number of benzene rings is 1. The fraction of sp³-hybridized carbons (Fsp3) is 0.400. The molecular formula is C10H14O4S2. The van der Waals surface area contributed by atoms with Crippen molar-refractivity contribution in [3.8, 4) is 0 Å². The summed E-state index contributed by atoms with van der Waals surface area (Å²) in [7, 11) is -7.22. The predicted octanol–water partition coefficient (Wildman–Crippen LogP) is 0.644. The SMILES string of the molecule is CS(=O)(=O)C(Cc1ccccc1)S(C)(=O)=O. The Balaban J connectivity index is 3.08. The average molecular weight is 262 g/mol. The van der Waals surface area contributed by atoms with E-state index < -0.39 is 24.3 Å². The van der Waals surface area contributed by atoms with Crippen LogP contribution in [0.15, 0.2) is 30.3 Å². The van der Waals surface area contributed by atoms with Gasteiger partial charge in [-0.25, -0.2) is 16.8 Å². The molecule has 0 aliphatic rings. The third-order valence-corrected chi connectivity index (χ3v) is 6.54. The molecule has 0 saturated carbocycles. The third-order valence-electron chi connectivity index (χ3n) is 2.20. The molecule has 0 unspecified atom stereocenters. The minimum absolute atomic E-state index is 0.00148. The van der Waals surface area contributed by atoms with Gasteiger partial charge in [0.1, 0.15) is 0 Å². The number of hydrogen-bond donors (Lipinski definition) is 0. The van der Waals surface area contributed by atoms with Crippen LogP contribution in [0.2, 0.25) is 0 Å². The summed E-state index contributed by atoms with van der Waals surface area (Å²) in [5.41, 5.74) is 0.698. The fourth-order valence-electron chi connectivity index (χ4n) is 1.43. The highest BCUT2D eigenvalue weighted by Crippen LogP contribution is 2.14. The van der Waals surface area contributed by atoms with E-state index >= 15 is 0 Å². The van der Waals surface area contributed by atoms with Crippen LogP contribution in [0.4, 0.5) is 0 Å². The smallest absolute Gasteiger partial charge is 0.166 e. The summed E-state index contributed by atoms with van der Waals surface area (Å²) >= 11 is 0. The van der Waals surface area contributed by atoms with E-state index in [0.717, 1.165) is 12.5 Å². The molecule has 0 aromatic heterocycles. The molecule has 90 valence electrons. The van der Waals surface area contributed by atoms with Crippen LogP contribution in [-0.4, -0.2) is 33.9 Å². The first-order valence-corrected chi connectivity index (χ1v) is 8.54. The summed E-state index contributed by atoms with van der Waals surface area (Å²) in [6, 6.07) is 8.71. The molecule has 1 rings (SSSR count). The molecule has 0 radical (unpaired) electrons. The second kappa shape index (κ2) is 4.55. The maximum atomic E-state index is 11.4. The van der Waals surface area contributed by atoms with Crippen molar-refractivity contribution in [1.29, 1.82) is 0 Å². The Bertz CT molecular complexity index is 512. The second-order valence-corrected chi connectivity index (χ2v) is 8.53. The Morgan fingerprint density at radius 1 is 0.938 bits per heavy atom. The number of rotatable bonds is 4. The van der Waals surface area contributed by atoms with Crippen molar-refractivity contribution in [3.63, 3.8) is 0 Å². The lowest BCUT2D eigenvalue weighted by Gasteiger charge is -2.12. The minimum Gasteiger partial charge on any atom is -0.228 e. The van der Waals surface area contributed by atoms with Gasteiger partial charge in [-0.2, -0.15) is 0 Å². The zero-order valence-electron chi connectivity index (χ0n) is 9.12. The first-order valence-electron chi connectivity index (χ1n) is 4.63. The minimum atomic E-state index is -3.61. The number of hydrogen-bond acceptors (Lipinski definition) is 4. The lowest BCUT2D eigenvalue weighted by atomic mass is 10.2. The van der Waals surface area contributed by atoms with Crippen LogP contribution in [0.5, 0.6) is 0 Å². The van der Waals surface area contributed by atoms with Crippen molar-refractivity contribution in [1.82, 2.24) is 0 Å². The Morgan fingerprint density at radius 3 is 1.75 bits per heavy atom. The second-order valence-electron chi connectivity index (χ2n) is 3.78. The van der Waals surface area contributed by atoms with E-state index in [9.17, 15) is 16.8 Å². The molecule has 0 amide bonds. The topological polar surface area (TPSA) is 68.3 Å². The van der Waals surface area contributed by atoms with Crippen LogP contribution in [0, 0.1) is 0 Å². The average Bonchev–Trinajstić information content (AvgIpc) is 2.12. The quantitative estimate of drug-likeness (QED) is 0.798. The highest BCUT2D eigenvalue weighted by Gasteiger charge is 2.31. The monoisotopic (exact) mass is 262 g/mol. The van der Waals surface area contributed by atoms with Crippen LogP contribution in [0.25, 0.3) is 0 Å². The van der Waals surface area contributed by atoms with Gasteiger partial charge in [-0.1, -0.05) is 30.3 Å². The van der Waals surface area contributed by atoms with Crippen molar-refractivity contribution in [2.24, 2.45) is 0 Å². The maximum absolute atomic E-state index is 11.4. The molecule has 0 aliphatic heterocycles. The van der Waals surface area contributed by atoms with E-state index in [4.69, 9.17) is 0 Å². The fourth-order valence-corrected chi connectivity index (χ4v) is 4.96. The molecule has 0 N–H and O–H groups in total. The molecule has 0 heterocycles. The van der Waals surface area contributed by atoms with Gasteiger partial charge in [0.2, 0.25) is 0 Å². The first-order chi connectivity index (χ1) is 7.21. The van der Waals surface area contributed by atoms with Crippen molar-refractivity contribution in [3.05, 3.63) is 35.9 Å². The van der Waals surface area contributed by atoms with Gasteiger partial charge in [-0.15, -0.1) is 0 Å². The Hall–Kier alpha value is -0.880. The van der Waals surface area contributed by atoms with Gasteiger partial charge in [-0.3, -0.25) is 0 Å². The highest BCUT2D eigenvalue weighted by molar-refractivity contribution is 8.08. The zero-order valence-corrected chi connectivity index (χ0v) is 10.8. The Labute approximate surface area is 96.1 Å². The van der Waals surface area contributed by atoms with Gasteiger partial charge < -0.3 is 0 Å². The van der Waals surface area contributed by atoms with Gasteiger partial charge in [0.25, 0.3) is 0 Å². The van der Waals surface area contributed by atoms with Gasteiger partial charge in [0, 0.05) is 18.9 Å². The molecule has 0 spiro atoms. The van der Waals surface area contributed by atoms with E-state index in [1.54, 1.807) is 30.3 Å². The summed E-state index contributed by atoms with van der Waals surface area (Å²) in [5, 5.41) is 0. The lowest BCUT2D eigenvalue weighted by molar-refractivity contribution is 0.580. The molecule has 1 aromatic carbocycles. The van der Waals surface area contributed by atoms with Crippen LogP contribution in [0.1, 0.15) is 5.56 Å².